The molecular formula is C19H17BrN4O. The highest BCUT2D eigenvalue weighted by Gasteiger charge is 2.11. The lowest BCUT2D eigenvalue weighted by Gasteiger charge is -2.17. The Labute approximate surface area is 154 Å². The summed E-state index contributed by atoms with van der Waals surface area (Å²) in [5.41, 5.74) is 3.13. The van der Waals surface area contributed by atoms with Crippen molar-refractivity contribution in [1.29, 1.82) is 0 Å². The molecule has 0 bridgehead atoms. The first-order valence-electron chi connectivity index (χ1n) is 7.73. The third-order valence-electron chi connectivity index (χ3n) is 3.78. The highest BCUT2D eigenvalue weighted by Crippen LogP contribution is 2.21. The van der Waals surface area contributed by atoms with Crippen molar-refractivity contribution >= 4 is 39.2 Å². The molecule has 0 fully saturated rings. The van der Waals surface area contributed by atoms with Crippen LogP contribution in [0.3, 0.4) is 0 Å². The van der Waals surface area contributed by atoms with Gasteiger partial charge >= 0.3 is 0 Å². The Morgan fingerprint density at radius 2 is 1.76 bits per heavy atom. The SMILES string of the molecule is Cc1cc(Br)ccc1NC(=O)c1cnc(N(C)c2ccccc2)nc1. The molecule has 3 rings (SSSR count). The Bertz CT molecular complexity index is 882. The van der Waals surface area contributed by atoms with E-state index in [2.05, 4.69) is 31.2 Å². The van der Waals surface area contributed by atoms with E-state index in [-0.39, 0.29) is 5.91 Å². The number of aryl methyl sites for hydroxylation is 1. The van der Waals surface area contributed by atoms with Crippen molar-refractivity contribution in [1.82, 2.24) is 9.97 Å². The van der Waals surface area contributed by atoms with Crippen LogP contribution in [0.25, 0.3) is 0 Å². The maximum absolute atomic E-state index is 12.4. The van der Waals surface area contributed by atoms with Crippen LogP contribution in [-0.2, 0) is 0 Å². The average Bonchev–Trinajstić information content (AvgIpc) is 2.64. The summed E-state index contributed by atoms with van der Waals surface area (Å²) in [6, 6.07) is 15.5. The zero-order chi connectivity index (χ0) is 17.8. The second-order valence-corrected chi connectivity index (χ2v) is 6.50. The monoisotopic (exact) mass is 396 g/mol. The minimum Gasteiger partial charge on any atom is -0.322 e. The van der Waals surface area contributed by atoms with Crippen LogP contribution in [0.5, 0.6) is 0 Å². The number of rotatable bonds is 4. The van der Waals surface area contributed by atoms with Gasteiger partial charge in [-0.3, -0.25) is 4.79 Å². The fourth-order valence-electron chi connectivity index (χ4n) is 2.34. The number of aromatic nitrogens is 2. The van der Waals surface area contributed by atoms with Crippen molar-refractivity contribution in [2.75, 3.05) is 17.3 Å². The predicted molar refractivity (Wildman–Crippen MR) is 103 cm³/mol. The van der Waals surface area contributed by atoms with E-state index in [1.54, 1.807) is 0 Å². The topological polar surface area (TPSA) is 58.1 Å². The quantitative estimate of drug-likeness (QED) is 0.701. The van der Waals surface area contributed by atoms with E-state index in [0.29, 0.717) is 11.5 Å². The number of benzene rings is 2. The molecule has 0 aliphatic heterocycles. The van der Waals surface area contributed by atoms with Gasteiger partial charge in [0.2, 0.25) is 5.95 Å². The normalized spacial score (nSPS) is 10.4. The van der Waals surface area contributed by atoms with Gasteiger partial charge in [-0.1, -0.05) is 34.1 Å². The van der Waals surface area contributed by atoms with E-state index in [9.17, 15) is 4.79 Å². The molecule has 0 radical (unpaired) electrons. The molecule has 5 nitrogen and oxygen atoms in total. The lowest BCUT2D eigenvalue weighted by Crippen LogP contribution is -2.16. The Morgan fingerprint density at radius 1 is 1.08 bits per heavy atom. The van der Waals surface area contributed by atoms with Gasteiger partial charge in [-0.25, -0.2) is 9.97 Å². The number of nitrogens with zero attached hydrogens (tertiary/aromatic N) is 3. The van der Waals surface area contributed by atoms with Crippen LogP contribution >= 0.6 is 15.9 Å². The molecule has 0 saturated carbocycles. The first kappa shape index (κ1) is 17.1. The number of halogens is 1. The Kier molecular flexibility index (Phi) is 5.09. The number of hydrogen-bond donors (Lipinski definition) is 1. The molecule has 1 heterocycles. The number of carbonyl (C=O) groups excluding carboxylic acids is 1. The number of hydrogen-bond acceptors (Lipinski definition) is 4. The van der Waals surface area contributed by atoms with Crippen LogP contribution in [0, 0.1) is 6.92 Å². The zero-order valence-corrected chi connectivity index (χ0v) is 15.5. The van der Waals surface area contributed by atoms with E-state index >= 15 is 0 Å². The maximum atomic E-state index is 12.4. The fraction of sp³-hybridized carbons (Fsp3) is 0.105. The van der Waals surface area contributed by atoms with Gasteiger partial charge in [0.1, 0.15) is 0 Å². The van der Waals surface area contributed by atoms with Crippen LogP contribution in [0.2, 0.25) is 0 Å². The lowest BCUT2D eigenvalue weighted by molar-refractivity contribution is 0.102. The molecule has 2 aromatic carbocycles. The maximum Gasteiger partial charge on any atom is 0.258 e. The summed E-state index contributed by atoms with van der Waals surface area (Å²) in [6.45, 7) is 1.94. The Balaban J connectivity index is 1.74. The summed E-state index contributed by atoms with van der Waals surface area (Å²) < 4.78 is 0.972. The minimum atomic E-state index is -0.237. The molecule has 1 amide bonds. The molecule has 0 aliphatic rings. The summed E-state index contributed by atoms with van der Waals surface area (Å²) in [5, 5.41) is 2.88. The Hall–Kier alpha value is -2.73. The molecule has 0 unspecified atom stereocenters. The first-order chi connectivity index (χ1) is 12.0. The van der Waals surface area contributed by atoms with Crippen molar-refractivity contribution in [3.05, 3.63) is 76.5 Å². The second-order valence-electron chi connectivity index (χ2n) is 5.58. The zero-order valence-electron chi connectivity index (χ0n) is 13.9. The van der Waals surface area contributed by atoms with Crippen molar-refractivity contribution in [3.8, 4) is 0 Å². The van der Waals surface area contributed by atoms with Crippen LogP contribution in [0.15, 0.2) is 65.4 Å². The molecule has 3 aromatic rings. The second kappa shape index (κ2) is 7.44. The largest absolute Gasteiger partial charge is 0.322 e. The molecule has 0 spiro atoms. The summed E-state index contributed by atoms with van der Waals surface area (Å²) in [5.74, 6) is 0.293. The number of nitrogens with one attached hydrogen (secondary N) is 1. The van der Waals surface area contributed by atoms with Gasteiger partial charge in [0.05, 0.1) is 5.56 Å². The van der Waals surface area contributed by atoms with Crippen molar-refractivity contribution in [3.63, 3.8) is 0 Å². The standard InChI is InChI=1S/C19H17BrN4O/c1-13-10-15(20)8-9-17(13)23-18(25)14-11-21-19(22-12-14)24(2)16-6-4-3-5-7-16/h3-12H,1-2H3,(H,23,25). The van der Waals surface area contributed by atoms with Gasteiger partial charge in [-0.05, 0) is 42.8 Å². The molecular weight excluding hydrogens is 380 g/mol. The van der Waals surface area contributed by atoms with Gasteiger partial charge in [0.15, 0.2) is 0 Å². The molecule has 126 valence electrons. The molecule has 1 N–H and O–H groups in total. The van der Waals surface area contributed by atoms with Crippen LogP contribution < -0.4 is 10.2 Å². The van der Waals surface area contributed by atoms with E-state index in [4.69, 9.17) is 0 Å². The number of anilines is 3. The third kappa shape index (κ3) is 4.03. The molecule has 25 heavy (non-hydrogen) atoms. The molecule has 6 heteroatoms. The average molecular weight is 397 g/mol. The molecule has 0 aliphatic carbocycles. The third-order valence-corrected chi connectivity index (χ3v) is 4.27. The van der Waals surface area contributed by atoms with E-state index in [1.165, 1.54) is 12.4 Å². The Morgan fingerprint density at radius 3 is 2.40 bits per heavy atom. The lowest BCUT2D eigenvalue weighted by atomic mass is 10.2. The van der Waals surface area contributed by atoms with Crippen molar-refractivity contribution in [2.45, 2.75) is 6.92 Å². The van der Waals surface area contributed by atoms with Crippen molar-refractivity contribution in [2.24, 2.45) is 0 Å². The van der Waals surface area contributed by atoms with Crippen LogP contribution in [0.4, 0.5) is 17.3 Å². The van der Waals surface area contributed by atoms with Gasteiger partial charge in [0, 0.05) is 35.3 Å². The minimum absolute atomic E-state index is 0.237. The van der Waals surface area contributed by atoms with Crippen LogP contribution in [0.1, 0.15) is 15.9 Å². The van der Waals surface area contributed by atoms with Crippen molar-refractivity contribution < 1.29 is 4.79 Å². The smallest absolute Gasteiger partial charge is 0.258 e. The fourth-order valence-corrected chi connectivity index (χ4v) is 2.82. The van der Waals surface area contributed by atoms with Gasteiger partial charge in [0.25, 0.3) is 5.91 Å². The summed E-state index contributed by atoms with van der Waals surface area (Å²) in [7, 11) is 1.88. The number of carbonyl (C=O) groups is 1. The van der Waals surface area contributed by atoms with E-state index < -0.39 is 0 Å². The highest BCUT2D eigenvalue weighted by atomic mass is 79.9. The first-order valence-corrected chi connectivity index (χ1v) is 8.52. The summed E-state index contributed by atoms with van der Waals surface area (Å²) in [4.78, 5) is 22.8. The van der Waals surface area contributed by atoms with Gasteiger partial charge < -0.3 is 10.2 Å². The number of para-hydroxylation sites is 1. The highest BCUT2D eigenvalue weighted by molar-refractivity contribution is 9.10. The molecule has 0 atom stereocenters. The van der Waals surface area contributed by atoms with E-state index in [0.717, 1.165) is 21.4 Å². The van der Waals surface area contributed by atoms with E-state index in [1.807, 2.05) is 67.4 Å². The van der Waals surface area contributed by atoms with Crippen LogP contribution in [-0.4, -0.2) is 22.9 Å². The van der Waals surface area contributed by atoms with Gasteiger partial charge in [-0.15, -0.1) is 0 Å². The number of amides is 1. The molecule has 1 aromatic heterocycles. The molecule has 0 saturated heterocycles. The summed E-state index contributed by atoms with van der Waals surface area (Å²) in [6.07, 6.45) is 3.07. The predicted octanol–water partition coefficient (Wildman–Crippen LogP) is 4.57. The van der Waals surface area contributed by atoms with Gasteiger partial charge in [-0.2, -0.15) is 0 Å². The summed E-state index contributed by atoms with van der Waals surface area (Å²) >= 11 is 3.41.